The number of rotatable bonds is 2. The van der Waals surface area contributed by atoms with Gasteiger partial charge in [-0.25, -0.2) is 0 Å². The smallest absolute Gasteiger partial charge is 0.121 e. The van der Waals surface area contributed by atoms with Gasteiger partial charge in [0, 0.05) is 19.6 Å². The average Bonchev–Trinajstić information content (AvgIpc) is 2.66. The van der Waals surface area contributed by atoms with Crippen molar-refractivity contribution >= 4 is 0 Å². The lowest BCUT2D eigenvalue weighted by atomic mass is 10.1. The van der Waals surface area contributed by atoms with Crippen LogP contribution in [0.5, 0.6) is 5.75 Å². The van der Waals surface area contributed by atoms with E-state index in [0.29, 0.717) is 18.0 Å². The third-order valence-electron chi connectivity index (χ3n) is 4.08. The molecular formula is C15H21NO2. The number of ether oxygens (including phenoxy) is 1. The molecule has 2 saturated heterocycles. The van der Waals surface area contributed by atoms with Crippen LogP contribution in [0.1, 0.15) is 29.5 Å². The first kappa shape index (κ1) is 12.0. The molecule has 98 valence electrons. The van der Waals surface area contributed by atoms with Gasteiger partial charge in [0.15, 0.2) is 0 Å². The lowest BCUT2D eigenvalue weighted by Gasteiger charge is -2.32. The minimum atomic E-state index is 0.431. The van der Waals surface area contributed by atoms with Crippen LogP contribution in [0.3, 0.4) is 0 Å². The van der Waals surface area contributed by atoms with Gasteiger partial charge in [-0.2, -0.15) is 0 Å². The molecule has 0 saturated carbocycles. The van der Waals surface area contributed by atoms with Gasteiger partial charge in [0.25, 0.3) is 0 Å². The van der Waals surface area contributed by atoms with Crippen LogP contribution in [-0.4, -0.2) is 35.3 Å². The molecule has 2 aliphatic heterocycles. The largest absolute Gasteiger partial charge is 0.507 e. The van der Waals surface area contributed by atoms with E-state index in [1.54, 1.807) is 0 Å². The highest BCUT2D eigenvalue weighted by Gasteiger charge is 2.33. The maximum absolute atomic E-state index is 9.80. The summed E-state index contributed by atoms with van der Waals surface area (Å²) in [4.78, 5) is 2.48. The highest BCUT2D eigenvalue weighted by molar-refractivity contribution is 5.42. The van der Waals surface area contributed by atoms with Crippen LogP contribution in [0.15, 0.2) is 12.1 Å². The Kier molecular flexibility index (Phi) is 3.04. The number of phenols is 1. The average molecular weight is 247 g/mol. The molecule has 0 aromatic heterocycles. The van der Waals surface area contributed by atoms with E-state index in [4.69, 9.17) is 4.74 Å². The molecule has 18 heavy (non-hydrogen) atoms. The van der Waals surface area contributed by atoms with Crippen molar-refractivity contribution in [3.8, 4) is 5.75 Å². The van der Waals surface area contributed by atoms with Crippen molar-refractivity contribution in [1.29, 1.82) is 0 Å². The zero-order valence-corrected chi connectivity index (χ0v) is 11.1. The molecule has 2 heterocycles. The second-order valence-corrected chi connectivity index (χ2v) is 5.73. The Morgan fingerprint density at radius 3 is 2.28 bits per heavy atom. The van der Waals surface area contributed by atoms with E-state index in [-0.39, 0.29) is 0 Å². The third kappa shape index (κ3) is 2.25. The summed E-state index contributed by atoms with van der Waals surface area (Å²) < 4.78 is 5.85. The van der Waals surface area contributed by atoms with Gasteiger partial charge in [-0.15, -0.1) is 0 Å². The van der Waals surface area contributed by atoms with Crippen LogP contribution >= 0.6 is 0 Å². The Bertz CT molecular complexity index is 423. The van der Waals surface area contributed by atoms with E-state index < -0.39 is 0 Å². The second kappa shape index (κ2) is 4.56. The molecule has 2 fully saturated rings. The molecule has 3 rings (SSSR count). The zero-order valence-electron chi connectivity index (χ0n) is 11.1. The highest BCUT2D eigenvalue weighted by atomic mass is 16.5. The molecule has 0 amide bonds. The lowest BCUT2D eigenvalue weighted by Crippen LogP contribution is -2.41. The Hall–Kier alpha value is -1.06. The fraction of sp³-hybridized carbons (Fsp3) is 0.600. The minimum absolute atomic E-state index is 0.431. The summed E-state index contributed by atoms with van der Waals surface area (Å²) in [5.41, 5.74) is 3.24. The molecule has 1 aromatic rings. The van der Waals surface area contributed by atoms with Gasteiger partial charge >= 0.3 is 0 Å². The molecule has 2 aliphatic rings. The van der Waals surface area contributed by atoms with Crippen molar-refractivity contribution in [2.45, 2.75) is 45.4 Å². The Morgan fingerprint density at radius 1 is 1.17 bits per heavy atom. The highest BCUT2D eigenvalue weighted by Crippen LogP contribution is 2.28. The van der Waals surface area contributed by atoms with Crippen LogP contribution in [-0.2, 0) is 11.3 Å². The van der Waals surface area contributed by atoms with Gasteiger partial charge in [0.2, 0.25) is 0 Å². The molecule has 3 heteroatoms. The van der Waals surface area contributed by atoms with E-state index in [1.807, 2.05) is 13.8 Å². The number of phenolic OH excluding ortho intramolecular Hbond substituents is 1. The van der Waals surface area contributed by atoms with Gasteiger partial charge in [0.1, 0.15) is 5.75 Å². The van der Waals surface area contributed by atoms with Gasteiger partial charge < -0.3 is 9.84 Å². The van der Waals surface area contributed by atoms with Gasteiger partial charge in [-0.1, -0.05) is 12.1 Å². The summed E-state index contributed by atoms with van der Waals surface area (Å²) in [6.07, 6.45) is 3.33. The number of hydrogen-bond donors (Lipinski definition) is 1. The first-order chi connectivity index (χ1) is 8.61. The van der Waals surface area contributed by atoms with Crippen molar-refractivity contribution in [1.82, 2.24) is 4.90 Å². The maximum atomic E-state index is 9.80. The number of aryl methyl sites for hydroxylation is 2. The minimum Gasteiger partial charge on any atom is -0.507 e. The molecule has 0 radical (unpaired) electrons. The topological polar surface area (TPSA) is 32.7 Å². The van der Waals surface area contributed by atoms with Crippen LogP contribution < -0.4 is 0 Å². The molecule has 3 nitrogen and oxygen atoms in total. The fourth-order valence-electron chi connectivity index (χ4n) is 3.22. The van der Waals surface area contributed by atoms with E-state index in [1.165, 1.54) is 18.4 Å². The molecule has 2 atom stereocenters. The molecule has 1 aromatic carbocycles. The summed E-state index contributed by atoms with van der Waals surface area (Å²) in [5.74, 6) is 0.431. The van der Waals surface area contributed by atoms with Gasteiger partial charge in [-0.05, 0) is 43.4 Å². The molecule has 1 N–H and O–H groups in total. The normalized spacial score (nSPS) is 27.7. The summed E-state index contributed by atoms with van der Waals surface area (Å²) in [6, 6.07) is 4.19. The number of morpholine rings is 1. The first-order valence-corrected chi connectivity index (χ1v) is 6.78. The van der Waals surface area contributed by atoms with Crippen LogP contribution in [0.2, 0.25) is 0 Å². The fourth-order valence-corrected chi connectivity index (χ4v) is 3.22. The van der Waals surface area contributed by atoms with E-state index >= 15 is 0 Å². The monoisotopic (exact) mass is 247 g/mol. The lowest BCUT2D eigenvalue weighted by molar-refractivity contribution is -0.0410. The van der Waals surface area contributed by atoms with Crippen LogP contribution in [0.25, 0.3) is 0 Å². The van der Waals surface area contributed by atoms with Crippen molar-refractivity contribution in [3.05, 3.63) is 28.8 Å². The zero-order chi connectivity index (χ0) is 12.7. The van der Waals surface area contributed by atoms with Crippen molar-refractivity contribution < 1.29 is 9.84 Å². The van der Waals surface area contributed by atoms with Gasteiger partial charge in [0.05, 0.1) is 12.2 Å². The Labute approximate surface area is 108 Å². The number of fused-ring (bicyclic) bond motifs is 2. The molecule has 0 spiro atoms. The number of aromatic hydroxyl groups is 1. The molecule has 2 unspecified atom stereocenters. The second-order valence-electron chi connectivity index (χ2n) is 5.73. The first-order valence-electron chi connectivity index (χ1n) is 6.78. The van der Waals surface area contributed by atoms with Crippen LogP contribution in [0, 0.1) is 13.8 Å². The molecule has 0 aliphatic carbocycles. The summed E-state index contributed by atoms with van der Waals surface area (Å²) >= 11 is 0. The van der Waals surface area contributed by atoms with Crippen molar-refractivity contribution in [3.63, 3.8) is 0 Å². The number of hydrogen-bond acceptors (Lipinski definition) is 3. The summed E-state index contributed by atoms with van der Waals surface area (Å²) in [7, 11) is 0. The predicted molar refractivity (Wildman–Crippen MR) is 70.8 cm³/mol. The third-order valence-corrected chi connectivity index (χ3v) is 4.08. The van der Waals surface area contributed by atoms with Crippen molar-refractivity contribution in [2.24, 2.45) is 0 Å². The van der Waals surface area contributed by atoms with E-state index in [2.05, 4.69) is 17.0 Å². The molecule has 2 bridgehead atoms. The number of benzene rings is 1. The van der Waals surface area contributed by atoms with E-state index in [9.17, 15) is 5.11 Å². The van der Waals surface area contributed by atoms with Crippen LogP contribution in [0.4, 0.5) is 0 Å². The predicted octanol–water partition coefficient (Wildman–Crippen LogP) is 2.37. The summed E-state index contributed by atoms with van der Waals surface area (Å²) in [5, 5.41) is 9.80. The standard InChI is InChI=1S/C15H21NO2/c1-10-5-12(6-11(2)15(10)17)7-16-8-13-3-4-14(9-16)18-13/h5-6,13-14,17H,3-4,7-9H2,1-2H3. The van der Waals surface area contributed by atoms with E-state index in [0.717, 1.165) is 30.8 Å². The number of nitrogens with zero attached hydrogens (tertiary/aromatic N) is 1. The maximum Gasteiger partial charge on any atom is 0.121 e. The quantitative estimate of drug-likeness (QED) is 0.871. The molecular weight excluding hydrogens is 226 g/mol. The number of likely N-dealkylation sites (tertiary alicyclic amines) is 1. The SMILES string of the molecule is Cc1cc(CN2CC3CCC(C2)O3)cc(C)c1O. The summed E-state index contributed by atoms with van der Waals surface area (Å²) in [6.45, 7) is 7.01. The Morgan fingerprint density at radius 2 is 1.72 bits per heavy atom. The van der Waals surface area contributed by atoms with Crippen molar-refractivity contribution in [2.75, 3.05) is 13.1 Å². The Balaban J connectivity index is 1.73. The van der Waals surface area contributed by atoms with Gasteiger partial charge in [-0.3, -0.25) is 4.90 Å².